The van der Waals surface area contributed by atoms with Crippen LogP contribution >= 0.6 is 0 Å². The average molecular weight is 451 g/mol. The van der Waals surface area contributed by atoms with Crippen LogP contribution in [0.25, 0.3) is 0 Å². The Balaban J connectivity index is 1.77. The van der Waals surface area contributed by atoms with Gasteiger partial charge < -0.3 is 28.7 Å². The molecule has 1 fully saturated rings. The summed E-state index contributed by atoms with van der Waals surface area (Å²) in [5, 5.41) is 0. The average Bonchev–Trinajstić information content (AvgIpc) is 2.76. The van der Waals surface area contributed by atoms with Crippen LogP contribution in [0, 0.1) is 17.8 Å². The fourth-order valence-corrected chi connectivity index (χ4v) is 4.74. The highest BCUT2D eigenvalue weighted by atomic mass is 16.5. The van der Waals surface area contributed by atoms with Crippen molar-refractivity contribution in [3.63, 3.8) is 0 Å². The molecule has 0 heterocycles. The van der Waals surface area contributed by atoms with Crippen molar-refractivity contribution < 1.29 is 18.9 Å². The van der Waals surface area contributed by atoms with E-state index in [4.69, 9.17) is 18.9 Å². The van der Waals surface area contributed by atoms with Gasteiger partial charge in [0.15, 0.2) is 11.5 Å². The summed E-state index contributed by atoms with van der Waals surface area (Å²) in [4.78, 5) is 4.68. The summed E-state index contributed by atoms with van der Waals surface area (Å²) in [6.45, 7) is 11.6. The second kappa shape index (κ2) is 13.3. The predicted octanol–water partition coefficient (Wildman–Crippen LogP) is 4.55. The van der Waals surface area contributed by atoms with E-state index in [1.165, 1.54) is 19.3 Å². The Kier molecular flexibility index (Phi) is 11.1. The Morgan fingerprint density at radius 1 is 0.906 bits per heavy atom. The van der Waals surface area contributed by atoms with Gasteiger partial charge in [0.1, 0.15) is 0 Å². The topological polar surface area (TPSA) is 43.4 Å². The van der Waals surface area contributed by atoms with Crippen molar-refractivity contribution >= 4 is 0 Å². The second-order valence-corrected chi connectivity index (χ2v) is 9.81. The monoisotopic (exact) mass is 450 g/mol. The standard InChI is InChI=1S/C26H46N2O4/c1-19(2)22-10-9-20(3)15-23(22)32-14-13-27(4)11-12-28(5)18-21-16-24(29-6)26(31-8)25(17-21)30-7/h16-17,19-20,22-23H,9-15,18H2,1-8H3/t20-,22+,23-/m1/s1. The molecule has 0 spiro atoms. The summed E-state index contributed by atoms with van der Waals surface area (Å²) in [5.41, 5.74) is 1.14. The van der Waals surface area contributed by atoms with Gasteiger partial charge in [-0.05, 0) is 62.4 Å². The number of benzene rings is 1. The van der Waals surface area contributed by atoms with Gasteiger partial charge in [0.2, 0.25) is 5.75 Å². The van der Waals surface area contributed by atoms with Crippen LogP contribution in [0.5, 0.6) is 17.2 Å². The van der Waals surface area contributed by atoms with E-state index in [0.717, 1.165) is 44.3 Å². The Morgan fingerprint density at radius 2 is 1.53 bits per heavy atom. The minimum atomic E-state index is 0.426. The van der Waals surface area contributed by atoms with Gasteiger partial charge in [-0.3, -0.25) is 0 Å². The minimum Gasteiger partial charge on any atom is -0.493 e. The maximum absolute atomic E-state index is 6.38. The molecule has 184 valence electrons. The lowest BCUT2D eigenvalue weighted by Gasteiger charge is -2.37. The molecule has 1 aliphatic carbocycles. The zero-order valence-electron chi connectivity index (χ0n) is 21.6. The summed E-state index contributed by atoms with van der Waals surface area (Å²) in [7, 11) is 9.26. The van der Waals surface area contributed by atoms with Crippen LogP contribution in [-0.2, 0) is 11.3 Å². The van der Waals surface area contributed by atoms with Crippen LogP contribution in [0.4, 0.5) is 0 Å². The molecule has 1 aliphatic rings. The molecule has 6 heteroatoms. The third-order valence-electron chi connectivity index (χ3n) is 6.81. The molecule has 32 heavy (non-hydrogen) atoms. The van der Waals surface area contributed by atoms with E-state index in [1.54, 1.807) is 21.3 Å². The Hall–Kier alpha value is -1.50. The van der Waals surface area contributed by atoms with Crippen molar-refractivity contribution in [2.24, 2.45) is 17.8 Å². The molecule has 0 amide bonds. The molecule has 6 nitrogen and oxygen atoms in total. The van der Waals surface area contributed by atoms with E-state index in [2.05, 4.69) is 44.7 Å². The van der Waals surface area contributed by atoms with Crippen molar-refractivity contribution in [2.75, 3.05) is 61.7 Å². The van der Waals surface area contributed by atoms with Gasteiger partial charge in [-0.15, -0.1) is 0 Å². The quantitative estimate of drug-likeness (QED) is 0.439. The smallest absolute Gasteiger partial charge is 0.203 e. The van der Waals surface area contributed by atoms with Crippen molar-refractivity contribution in [1.29, 1.82) is 0 Å². The van der Waals surface area contributed by atoms with Crippen LogP contribution in [0.2, 0.25) is 0 Å². The molecule has 3 atom stereocenters. The van der Waals surface area contributed by atoms with Gasteiger partial charge >= 0.3 is 0 Å². The first-order chi connectivity index (χ1) is 15.3. The van der Waals surface area contributed by atoms with E-state index in [0.29, 0.717) is 35.2 Å². The van der Waals surface area contributed by atoms with Crippen LogP contribution in [0.3, 0.4) is 0 Å². The number of rotatable bonds is 13. The highest BCUT2D eigenvalue weighted by Gasteiger charge is 2.31. The Labute approximate surface area is 196 Å². The summed E-state index contributed by atoms with van der Waals surface area (Å²) in [6.07, 6.45) is 4.30. The number of hydrogen-bond donors (Lipinski definition) is 0. The molecule has 0 aliphatic heterocycles. The lowest BCUT2D eigenvalue weighted by molar-refractivity contribution is -0.0431. The molecule has 1 saturated carbocycles. The molecule has 0 unspecified atom stereocenters. The van der Waals surface area contributed by atoms with Gasteiger partial charge in [0.25, 0.3) is 0 Å². The summed E-state index contributed by atoms with van der Waals surface area (Å²) >= 11 is 0. The van der Waals surface area contributed by atoms with Gasteiger partial charge in [0.05, 0.1) is 34.0 Å². The van der Waals surface area contributed by atoms with Gasteiger partial charge in [-0.1, -0.05) is 27.2 Å². The van der Waals surface area contributed by atoms with Gasteiger partial charge in [-0.25, -0.2) is 0 Å². The number of ether oxygens (including phenoxy) is 4. The normalized spacial score (nSPS) is 21.4. The Morgan fingerprint density at radius 3 is 2.09 bits per heavy atom. The number of methoxy groups -OCH3 is 3. The third kappa shape index (κ3) is 7.82. The van der Waals surface area contributed by atoms with Crippen LogP contribution in [0.15, 0.2) is 12.1 Å². The SMILES string of the molecule is COc1cc(CN(C)CCN(C)CCO[C@@H]2C[C@H](C)CC[C@H]2C(C)C)cc(OC)c1OC. The zero-order chi connectivity index (χ0) is 23.7. The van der Waals surface area contributed by atoms with Crippen LogP contribution < -0.4 is 14.2 Å². The lowest BCUT2D eigenvalue weighted by atomic mass is 9.75. The molecule has 0 radical (unpaired) electrons. The molecule has 1 aromatic rings. The van der Waals surface area contributed by atoms with Crippen molar-refractivity contribution in [1.82, 2.24) is 9.80 Å². The van der Waals surface area contributed by atoms with E-state index in [9.17, 15) is 0 Å². The molecule has 2 rings (SSSR count). The van der Waals surface area contributed by atoms with Crippen molar-refractivity contribution in [3.05, 3.63) is 17.7 Å². The summed E-state index contributed by atoms with van der Waals surface area (Å²) < 4.78 is 22.8. The van der Waals surface area contributed by atoms with Crippen LogP contribution in [0.1, 0.15) is 45.6 Å². The van der Waals surface area contributed by atoms with Crippen LogP contribution in [-0.4, -0.2) is 77.6 Å². The van der Waals surface area contributed by atoms with Crippen molar-refractivity contribution in [3.8, 4) is 17.2 Å². The lowest BCUT2D eigenvalue weighted by Crippen LogP contribution is -2.37. The molecule has 1 aromatic carbocycles. The highest BCUT2D eigenvalue weighted by Crippen LogP contribution is 2.38. The minimum absolute atomic E-state index is 0.426. The highest BCUT2D eigenvalue weighted by molar-refractivity contribution is 5.53. The fourth-order valence-electron chi connectivity index (χ4n) is 4.74. The van der Waals surface area contributed by atoms with E-state index in [1.807, 2.05) is 12.1 Å². The molecule has 0 aromatic heterocycles. The summed E-state index contributed by atoms with van der Waals surface area (Å²) in [5.74, 6) is 4.22. The van der Waals surface area contributed by atoms with E-state index < -0.39 is 0 Å². The largest absolute Gasteiger partial charge is 0.493 e. The third-order valence-corrected chi connectivity index (χ3v) is 6.81. The van der Waals surface area contributed by atoms with Gasteiger partial charge in [-0.2, -0.15) is 0 Å². The summed E-state index contributed by atoms with van der Waals surface area (Å²) in [6, 6.07) is 4.04. The second-order valence-electron chi connectivity index (χ2n) is 9.81. The maximum atomic E-state index is 6.38. The molecule has 0 N–H and O–H groups in total. The number of likely N-dealkylation sites (N-methyl/N-ethyl adjacent to an activating group) is 2. The molecular weight excluding hydrogens is 404 g/mol. The Bertz CT molecular complexity index is 657. The molecular formula is C26H46N2O4. The first-order valence-electron chi connectivity index (χ1n) is 12.1. The first kappa shape index (κ1) is 26.7. The predicted molar refractivity (Wildman–Crippen MR) is 131 cm³/mol. The van der Waals surface area contributed by atoms with Crippen molar-refractivity contribution in [2.45, 2.75) is 52.7 Å². The fraction of sp³-hybridized carbons (Fsp3) is 0.769. The zero-order valence-corrected chi connectivity index (χ0v) is 21.6. The number of nitrogens with zero attached hydrogens (tertiary/aromatic N) is 2. The van der Waals surface area contributed by atoms with Gasteiger partial charge in [0, 0.05) is 26.2 Å². The molecule has 0 saturated heterocycles. The van der Waals surface area contributed by atoms with E-state index >= 15 is 0 Å². The number of hydrogen-bond acceptors (Lipinski definition) is 6. The molecule has 0 bridgehead atoms. The van der Waals surface area contributed by atoms with E-state index in [-0.39, 0.29) is 0 Å². The maximum Gasteiger partial charge on any atom is 0.203 e. The first-order valence-corrected chi connectivity index (χ1v) is 12.1.